The summed E-state index contributed by atoms with van der Waals surface area (Å²) >= 11 is 3.50. The van der Waals surface area contributed by atoms with Gasteiger partial charge in [0.1, 0.15) is 50.3 Å². The topological polar surface area (TPSA) is 145 Å². The summed E-state index contributed by atoms with van der Waals surface area (Å²) in [5, 5.41) is 17.1. The molecule has 0 radical (unpaired) electrons. The minimum absolute atomic E-state index is 0.633. The van der Waals surface area contributed by atoms with Gasteiger partial charge in [0.25, 0.3) is 0 Å². The third-order valence-electron chi connectivity index (χ3n) is 28.8. The summed E-state index contributed by atoms with van der Waals surface area (Å²) in [7, 11) is 0. The molecule has 12 aromatic heterocycles. The van der Waals surface area contributed by atoms with E-state index >= 15 is 0 Å². The van der Waals surface area contributed by atoms with E-state index in [4.69, 9.17) is 47.6 Å². The summed E-state index contributed by atoms with van der Waals surface area (Å²) in [5.41, 5.74) is 32.1. The fraction of sp³-hybridized carbons (Fsp3) is 0. The average molecular weight is 1920 g/mol. The van der Waals surface area contributed by atoms with Crippen molar-refractivity contribution in [3.05, 3.63) is 467 Å². The van der Waals surface area contributed by atoms with Crippen molar-refractivity contribution < 1.29 is 17.7 Å². The van der Waals surface area contributed by atoms with Gasteiger partial charge in [0.15, 0.2) is 23.1 Å². The molecule has 0 aliphatic heterocycles. The molecule has 0 saturated carbocycles. The highest BCUT2D eigenvalue weighted by molar-refractivity contribution is 7.26. The van der Waals surface area contributed by atoms with E-state index in [1.807, 2.05) is 78.9 Å². The first-order chi connectivity index (χ1) is 72.9. The monoisotopic (exact) mass is 1920 g/mol. The second-order valence-electron chi connectivity index (χ2n) is 37.3. The highest BCUT2D eigenvalue weighted by Gasteiger charge is 2.29. The van der Waals surface area contributed by atoms with E-state index in [-0.39, 0.29) is 0 Å². The van der Waals surface area contributed by atoms with Gasteiger partial charge in [-0.1, -0.05) is 340 Å². The van der Waals surface area contributed by atoms with Crippen LogP contribution in [0.25, 0.3) is 301 Å². The molecule has 0 aliphatic rings. The van der Waals surface area contributed by atoms with Crippen LogP contribution in [0.15, 0.2) is 485 Å². The van der Waals surface area contributed by atoms with Crippen LogP contribution < -0.4 is 0 Å². The van der Waals surface area contributed by atoms with Gasteiger partial charge in [0, 0.05) is 146 Å². The lowest BCUT2D eigenvalue weighted by Gasteiger charge is -2.13. The van der Waals surface area contributed by atoms with Crippen LogP contribution >= 0.6 is 22.7 Å². The van der Waals surface area contributed by atoms with E-state index in [1.54, 1.807) is 22.7 Å². The number of rotatable bonds is 11. The molecular weight excluding hydrogens is 1840 g/mol. The molecule has 0 fully saturated rings. The Kier molecular flexibility index (Phi) is 19.1. The van der Waals surface area contributed by atoms with Gasteiger partial charge in [0.05, 0.1) is 70.5 Å². The number of aromatic nitrogens is 9. The zero-order valence-electron chi connectivity index (χ0n) is 78.4. The third-order valence-corrected chi connectivity index (χ3v) is 31.1. The fourth-order valence-electron chi connectivity index (χ4n) is 22.2. The second-order valence-corrected chi connectivity index (χ2v) is 39.4. The number of furan rings is 4. The molecule has 32 aromatic rings. The van der Waals surface area contributed by atoms with Crippen LogP contribution in [-0.2, 0) is 0 Å². The second kappa shape index (κ2) is 33.7. The molecule has 13 nitrogen and oxygen atoms in total. The van der Waals surface area contributed by atoms with E-state index in [0.29, 0.717) is 23.1 Å². The van der Waals surface area contributed by atoms with Crippen LogP contribution in [0.2, 0.25) is 0 Å². The fourth-order valence-corrected chi connectivity index (χ4v) is 24.5. The third kappa shape index (κ3) is 13.6. The van der Waals surface area contributed by atoms with Crippen LogP contribution in [0, 0.1) is 0 Å². The average Bonchev–Trinajstić information content (AvgIpc) is 1.58. The first kappa shape index (κ1) is 83.5. The van der Waals surface area contributed by atoms with E-state index in [9.17, 15) is 0 Å². The Morgan fingerprint density at radius 2 is 0.435 bits per heavy atom. The predicted molar refractivity (Wildman–Crippen MR) is 607 cm³/mol. The summed E-state index contributed by atoms with van der Waals surface area (Å²) in [4.78, 5) is 31.5. The normalized spacial score (nSPS) is 11.9. The van der Waals surface area contributed by atoms with Crippen molar-refractivity contribution >= 4 is 217 Å². The van der Waals surface area contributed by atoms with Crippen molar-refractivity contribution in [2.24, 2.45) is 0 Å². The number of benzene rings is 20. The van der Waals surface area contributed by atoms with Gasteiger partial charge in [0.2, 0.25) is 0 Å². The van der Waals surface area contributed by atoms with Gasteiger partial charge in [-0.25, -0.2) is 29.9 Å². The number of fused-ring (bicyclic) bond motifs is 27. The Hall–Kier alpha value is -19.3. The highest BCUT2D eigenvalue weighted by atomic mass is 32.1. The Balaban J connectivity index is 0.000000102. The Morgan fingerprint density at radius 1 is 0.170 bits per heavy atom. The molecule has 0 aliphatic carbocycles. The van der Waals surface area contributed by atoms with Crippen LogP contribution in [0.4, 0.5) is 0 Å². The largest absolute Gasteiger partial charge is 0.455 e. The molecule has 0 spiro atoms. The SMILES string of the molecule is c1ccc(-c2nc(-c3cc(-n4c5ccccc5c5ccccc54)cc4c3oc3ccccc34)nc3c2sc2ccccc23)cc1.c1ccc(-c2nc(-c3cccc(-c4cc(-n5c6ccccc6c6ccccc65)cc5c4oc4ccccc45)c3)nc3c2oc2ccccc23)cc1.c1ccc(-c2nc(-c3cccc(-c4cc(-n5c6ccccc6c6ccccc65)cc5c4oc4ccccc45)c3)nc3c2sc2ccccc23)cc1. The van der Waals surface area contributed by atoms with Crippen LogP contribution in [-0.4, -0.2) is 43.6 Å². The zero-order chi connectivity index (χ0) is 96.4. The molecule has 0 unspecified atom stereocenters. The molecule has 0 N–H and O–H groups in total. The van der Waals surface area contributed by atoms with Crippen molar-refractivity contribution in [2.75, 3.05) is 0 Å². The number of nitrogens with zero attached hydrogens (tertiary/aromatic N) is 9. The maximum absolute atomic E-state index is 6.66. The molecule has 20 aromatic carbocycles. The standard InChI is InChI=1S/C46H27N3O2.C46H27N3OS.C40H23N3OS/c2*1-2-13-28(14-3-1)42-45-43(35-20-7-11-24-41(35)51-45)48-46(47-42)30-16-12-15-29(25-30)36-26-31(27-37-34-19-6-10-23-40(34)50-44(36)37)49-38-21-8-4-17-32(38)33-18-5-9-22-39(33)49;1-2-12-24(13-3-1)36-39-37(29-17-7-11-21-35(29)45-39)42-40(41-36)31-23-25(22-30-28-16-6-10-20-34(28)44-38(30)31)43-32-18-8-4-14-26(32)27-15-5-9-19-33(27)43/h2*1-27H;1-23H. The van der Waals surface area contributed by atoms with Crippen molar-refractivity contribution in [1.82, 2.24) is 43.6 Å². The quantitative estimate of drug-likeness (QED) is 0.123. The predicted octanol–water partition coefficient (Wildman–Crippen LogP) is 36.4. The Bertz CT molecular complexity index is 10400. The van der Waals surface area contributed by atoms with E-state index in [0.717, 1.165) is 225 Å². The molecule has 0 amide bonds. The first-order valence-corrected chi connectivity index (χ1v) is 50.8. The molecule has 686 valence electrons. The van der Waals surface area contributed by atoms with Crippen LogP contribution in [0.5, 0.6) is 0 Å². The summed E-state index contributed by atoms with van der Waals surface area (Å²) in [6.45, 7) is 0. The van der Waals surface area contributed by atoms with Crippen molar-refractivity contribution in [1.29, 1.82) is 0 Å². The van der Waals surface area contributed by atoms with Gasteiger partial charge in [-0.2, -0.15) is 0 Å². The van der Waals surface area contributed by atoms with Gasteiger partial charge < -0.3 is 31.4 Å². The van der Waals surface area contributed by atoms with E-state index in [2.05, 4.69) is 402 Å². The summed E-state index contributed by atoms with van der Waals surface area (Å²) in [6.07, 6.45) is 0. The molecule has 147 heavy (non-hydrogen) atoms. The molecule has 0 bridgehead atoms. The molecule has 15 heteroatoms. The molecule has 0 saturated heterocycles. The highest BCUT2D eigenvalue weighted by Crippen LogP contribution is 2.50. The summed E-state index contributed by atoms with van der Waals surface area (Å²) in [6, 6.07) is 163. The maximum Gasteiger partial charge on any atom is 0.180 e. The molecule has 0 atom stereocenters. The minimum Gasteiger partial charge on any atom is -0.455 e. The van der Waals surface area contributed by atoms with Crippen LogP contribution in [0.3, 0.4) is 0 Å². The smallest absolute Gasteiger partial charge is 0.180 e. The number of hydrogen-bond donors (Lipinski definition) is 0. The lowest BCUT2D eigenvalue weighted by molar-refractivity contribution is 0.667. The van der Waals surface area contributed by atoms with Crippen LogP contribution in [0.1, 0.15) is 0 Å². The van der Waals surface area contributed by atoms with E-state index in [1.165, 1.54) is 52.8 Å². The molecule has 12 heterocycles. The minimum atomic E-state index is 0.633. The van der Waals surface area contributed by atoms with Crippen molar-refractivity contribution in [3.63, 3.8) is 0 Å². The van der Waals surface area contributed by atoms with Crippen molar-refractivity contribution in [3.8, 4) is 107 Å². The van der Waals surface area contributed by atoms with Gasteiger partial charge in [-0.15, -0.1) is 22.7 Å². The molecule has 32 rings (SSSR count). The number of para-hydroxylation sites is 10. The number of thiophene rings is 2. The maximum atomic E-state index is 6.66. The summed E-state index contributed by atoms with van der Waals surface area (Å²) in [5.74, 6) is 1.98. The number of hydrogen-bond acceptors (Lipinski definition) is 12. The molecular formula is C132H77N9O4S2. The Morgan fingerprint density at radius 3 is 0.823 bits per heavy atom. The summed E-state index contributed by atoms with van der Waals surface area (Å²) < 4.78 is 38.0. The van der Waals surface area contributed by atoms with Gasteiger partial charge in [-0.05, 0) is 139 Å². The van der Waals surface area contributed by atoms with Gasteiger partial charge >= 0.3 is 0 Å². The zero-order valence-corrected chi connectivity index (χ0v) is 80.1. The van der Waals surface area contributed by atoms with Gasteiger partial charge in [-0.3, -0.25) is 0 Å². The van der Waals surface area contributed by atoms with E-state index < -0.39 is 0 Å². The lowest BCUT2D eigenvalue weighted by Crippen LogP contribution is -1.98. The lowest BCUT2D eigenvalue weighted by atomic mass is 9.99. The Labute approximate surface area is 845 Å². The van der Waals surface area contributed by atoms with Crippen molar-refractivity contribution in [2.45, 2.75) is 0 Å². The first-order valence-electron chi connectivity index (χ1n) is 49.2.